The summed E-state index contributed by atoms with van der Waals surface area (Å²) in [6, 6.07) is 0. The lowest BCUT2D eigenvalue weighted by molar-refractivity contribution is 0.309. The van der Waals surface area contributed by atoms with E-state index in [-0.39, 0.29) is 0 Å². The van der Waals surface area contributed by atoms with Crippen molar-refractivity contribution in [3.8, 4) is 0 Å². The van der Waals surface area contributed by atoms with Gasteiger partial charge in [-0.1, -0.05) is 0 Å². The number of aryl methyl sites for hydroxylation is 1. The minimum absolute atomic E-state index is 0.769. The molecule has 0 bridgehead atoms. The third kappa shape index (κ3) is 2.53. The van der Waals surface area contributed by atoms with Crippen LogP contribution in [0.15, 0.2) is 24.1 Å². The molecule has 2 saturated heterocycles. The van der Waals surface area contributed by atoms with Crippen LogP contribution < -0.4 is 4.90 Å². The molecular weight excluding hydrogens is 282 g/mol. The number of hydrogen-bond acceptors (Lipinski definition) is 6. The van der Waals surface area contributed by atoms with Gasteiger partial charge >= 0.3 is 0 Å². The van der Waals surface area contributed by atoms with E-state index >= 15 is 0 Å². The van der Waals surface area contributed by atoms with Gasteiger partial charge in [0.2, 0.25) is 0 Å². The van der Waals surface area contributed by atoms with Gasteiger partial charge in [-0.05, 0) is 35.9 Å². The van der Waals surface area contributed by atoms with Crippen molar-refractivity contribution in [2.24, 2.45) is 11.8 Å². The predicted molar refractivity (Wildman–Crippen MR) is 83.4 cm³/mol. The van der Waals surface area contributed by atoms with E-state index in [1.807, 2.05) is 12.4 Å². The van der Waals surface area contributed by atoms with E-state index in [0.717, 1.165) is 37.3 Å². The minimum atomic E-state index is 0.769. The fourth-order valence-corrected chi connectivity index (χ4v) is 4.21. The maximum absolute atomic E-state index is 4.46. The number of nitrogens with zero attached hydrogens (tertiary/aromatic N) is 5. The summed E-state index contributed by atoms with van der Waals surface area (Å²) < 4.78 is 4.19. The number of fused-ring (bicyclic) bond motifs is 1. The van der Waals surface area contributed by atoms with E-state index in [4.69, 9.17) is 0 Å². The summed E-state index contributed by atoms with van der Waals surface area (Å²) in [5.41, 5.74) is 2.53. The van der Waals surface area contributed by atoms with Gasteiger partial charge in [0, 0.05) is 56.1 Å². The maximum atomic E-state index is 4.46. The van der Waals surface area contributed by atoms with Gasteiger partial charge < -0.3 is 4.90 Å². The topological polar surface area (TPSA) is 45.2 Å². The Morgan fingerprint density at radius 3 is 2.67 bits per heavy atom. The van der Waals surface area contributed by atoms with E-state index in [1.165, 1.54) is 24.2 Å². The van der Waals surface area contributed by atoms with Gasteiger partial charge in [0.15, 0.2) is 0 Å². The molecule has 2 aromatic rings. The molecule has 4 heterocycles. The van der Waals surface area contributed by atoms with Crippen molar-refractivity contribution >= 4 is 17.4 Å². The molecule has 6 heteroatoms. The van der Waals surface area contributed by atoms with Gasteiger partial charge in [-0.25, -0.2) is 14.3 Å². The highest BCUT2D eigenvalue weighted by molar-refractivity contribution is 7.03. The molecule has 21 heavy (non-hydrogen) atoms. The fraction of sp³-hybridized carbons (Fsp3) is 0.533. The van der Waals surface area contributed by atoms with Crippen molar-refractivity contribution in [3.63, 3.8) is 0 Å². The number of likely N-dealkylation sites (tertiary alicyclic amines) is 1. The van der Waals surface area contributed by atoms with Crippen molar-refractivity contribution in [1.29, 1.82) is 0 Å². The maximum Gasteiger partial charge on any atom is 0.134 e. The second kappa shape index (κ2) is 5.35. The molecule has 0 radical (unpaired) electrons. The lowest BCUT2D eigenvalue weighted by atomic mass is 10.0. The molecule has 2 fully saturated rings. The molecule has 110 valence electrons. The van der Waals surface area contributed by atoms with Crippen LogP contribution in [0.2, 0.25) is 0 Å². The van der Waals surface area contributed by atoms with E-state index < -0.39 is 0 Å². The molecule has 2 aliphatic rings. The number of rotatable bonds is 3. The standard InChI is InChI=1S/C15H19N5S/c1-11-2-16-10-17-15(11)20-7-13-5-19(6-14(13)8-20)4-12-3-18-21-9-12/h2-3,9-10,13-14H,4-8H2,1H3. The first kappa shape index (κ1) is 13.2. The Balaban J connectivity index is 1.40. The molecule has 0 aliphatic carbocycles. The monoisotopic (exact) mass is 301 g/mol. The molecule has 2 aromatic heterocycles. The molecule has 0 N–H and O–H groups in total. The molecule has 2 unspecified atom stereocenters. The number of aromatic nitrogens is 3. The van der Waals surface area contributed by atoms with E-state index in [2.05, 4.69) is 36.4 Å². The van der Waals surface area contributed by atoms with Crippen LogP contribution in [0.1, 0.15) is 11.1 Å². The second-order valence-corrected chi connectivity index (χ2v) is 6.84. The van der Waals surface area contributed by atoms with Crippen molar-refractivity contribution in [1.82, 2.24) is 19.2 Å². The third-order valence-electron chi connectivity index (χ3n) is 4.62. The summed E-state index contributed by atoms with van der Waals surface area (Å²) in [7, 11) is 0. The summed E-state index contributed by atoms with van der Waals surface area (Å²) in [4.78, 5) is 13.6. The van der Waals surface area contributed by atoms with Gasteiger partial charge in [0.1, 0.15) is 12.1 Å². The first-order valence-corrected chi connectivity index (χ1v) is 8.25. The van der Waals surface area contributed by atoms with E-state index in [0.29, 0.717) is 0 Å². The lowest BCUT2D eigenvalue weighted by Crippen LogP contribution is -2.29. The minimum Gasteiger partial charge on any atom is -0.356 e. The fourth-order valence-electron chi connectivity index (χ4n) is 3.68. The van der Waals surface area contributed by atoms with Crippen LogP contribution in [0.5, 0.6) is 0 Å². The first-order chi connectivity index (χ1) is 10.3. The molecule has 5 nitrogen and oxygen atoms in total. The molecule has 2 atom stereocenters. The van der Waals surface area contributed by atoms with Crippen LogP contribution in [0.4, 0.5) is 5.82 Å². The molecular formula is C15H19N5S. The average molecular weight is 301 g/mol. The van der Waals surface area contributed by atoms with Crippen LogP contribution in [0.3, 0.4) is 0 Å². The molecule has 0 spiro atoms. The van der Waals surface area contributed by atoms with Crippen LogP contribution >= 0.6 is 11.5 Å². The Bertz CT molecular complexity index is 600. The van der Waals surface area contributed by atoms with Gasteiger partial charge in [0.05, 0.1) is 0 Å². The Morgan fingerprint density at radius 2 is 2.00 bits per heavy atom. The second-order valence-electron chi connectivity index (χ2n) is 6.18. The highest BCUT2D eigenvalue weighted by atomic mass is 32.1. The number of anilines is 1. The summed E-state index contributed by atoms with van der Waals surface area (Å²) in [5, 5.41) is 2.16. The van der Waals surface area contributed by atoms with Crippen molar-refractivity contribution < 1.29 is 0 Å². The largest absolute Gasteiger partial charge is 0.356 e. The van der Waals surface area contributed by atoms with Crippen molar-refractivity contribution in [3.05, 3.63) is 35.2 Å². The quantitative estimate of drug-likeness (QED) is 0.865. The Morgan fingerprint density at radius 1 is 1.19 bits per heavy atom. The summed E-state index contributed by atoms with van der Waals surface area (Å²) in [6.07, 6.45) is 5.56. The van der Waals surface area contributed by atoms with Crippen molar-refractivity contribution in [2.75, 3.05) is 31.1 Å². The zero-order valence-corrected chi connectivity index (χ0v) is 13.0. The normalized spacial score (nSPS) is 25.5. The lowest BCUT2D eigenvalue weighted by Gasteiger charge is -2.22. The van der Waals surface area contributed by atoms with Crippen LogP contribution in [0.25, 0.3) is 0 Å². The number of hydrogen-bond donors (Lipinski definition) is 0. The summed E-state index contributed by atoms with van der Waals surface area (Å²) in [6.45, 7) is 7.79. The molecule has 4 rings (SSSR count). The Kier molecular flexibility index (Phi) is 3.35. The van der Waals surface area contributed by atoms with E-state index in [9.17, 15) is 0 Å². The Hall–Kier alpha value is -1.53. The van der Waals surface area contributed by atoms with Crippen LogP contribution in [-0.4, -0.2) is 45.4 Å². The highest BCUT2D eigenvalue weighted by Gasteiger charge is 2.40. The molecule has 0 amide bonds. The van der Waals surface area contributed by atoms with Gasteiger partial charge in [-0.2, -0.15) is 0 Å². The molecule has 0 saturated carbocycles. The molecule has 0 aromatic carbocycles. The van der Waals surface area contributed by atoms with Gasteiger partial charge in [-0.15, -0.1) is 0 Å². The van der Waals surface area contributed by atoms with Crippen LogP contribution in [-0.2, 0) is 6.54 Å². The smallest absolute Gasteiger partial charge is 0.134 e. The summed E-state index contributed by atoms with van der Waals surface area (Å²) in [5.74, 6) is 2.66. The first-order valence-electron chi connectivity index (χ1n) is 7.42. The SMILES string of the molecule is Cc1cncnc1N1CC2CN(Cc3cnsc3)CC2C1. The average Bonchev–Trinajstić information content (AvgIpc) is 3.15. The molecule has 2 aliphatic heterocycles. The van der Waals surface area contributed by atoms with Crippen LogP contribution in [0, 0.1) is 18.8 Å². The van der Waals surface area contributed by atoms with Gasteiger partial charge in [-0.3, -0.25) is 4.90 Å². The van der Waals surface area contributed by atoms with Crippen molar-refractivity contribution in [2.45, 2.75) is 13.5 Å². The zero-order valence-electron chi connectivity index (χ0n) is 12.1. The highest BCUT2D eigenvalue weighted by Crippen LogP contribution is 2.34. The van der Waals surface area contributed by atoms with Gasteiger partial charge in [0.25, 0.3) is 0 Å². The zero-order chi connectivity index (χ0) is 14.2. The Labute approximate surface area is 128 Å². The third-order valence-corrected chi connectivity index (χ3v) is 5.25. The van der Waals surface area contributed by atoms with E-state index in [1.54, 1.807) is 17.9 Å². The predicted octanol–water partition coefficient (Wildman–Crippen LogP) is 1.81. The summed E-state index contributed by atoms with van der Waals surface area (Å²) >= 11 is 1.54.